The second kappa shape index (κ2) is 5.55. The van der Waals surface area contributed by atoms with E-state index in [1.165, 1.54) is 13.2 Å². The first-order chi connectivity index (χ1) is 8.01. The van der Waals surface area contributed by atoms with E-state index in [0.29, 0.717) is 0 Å². The number of benzene rings is 1. The monoisotopic (exact) mass is 257 g/mol. The van der Waals surface area contributed by atoms with Gasteiger partial charge in [-0.1, -0.05) is 0 Å². The van der Waals surface area contributed by atoms with Crippen LogP contribution in [0.5, 0.6) is 0 Å². The van der Waals surface area contributed by atoms with Gasteiger partial charge < -0.3 is 14.0 Å². The number of hydrogen-bond donors (Lipinski definition) is 0. The second-order valence-electron chi connectivity index (χ2n) is 2.93. The Balaban J connectivity index is 3.34. The van der Waals surface area contributed by atoms with Crippen LogP contribution >= 0.6 is 0 Å². The molecule has 1 atom stereocenters. The second-order valence-corrected chi connectivity index (χ2v) is 3.84. The van der Waals surface area contributed by atoms with E-state index < -0.39 is 23.0 Å². The molecule has 1 unspecified atom stereocenters. The van der Waals surface area contributed by atoms with Crippen molar-refractivity contribution < 1.29 is 27.8 Å². The Morgan fingerprint density at radius 1 is 1.18 bits per heavy atom. The molecule has 0 spiro atoms. The van der Waals surface area contributed by atoms with Crippen LogP contribution < -0.4 is 0 Å². The van der Waals surface area contributed by atoms with Crippen LogP contribution in [0.2, 0.25) is 0 Å². The fourth-order valence-corrected chi connectivity index (χ4v) is 1.69. The number of esters is 2. The molecule has 0 aliphatic heterocycles. The minimum Gasteiger partial charge on any atom is -0.768 e. The van der Waals surface area contributed by atoms with Crippen LogP contribution in [0.1, 0.15) is 20.7 Å². The number of hydrogen-bond acceptors (Lipinski definition) is 6. The Kier molecular flexibility index (Phi) is 4.36. The average Bonchev–Trinajstić information content (AvgIpc) is 2.35. The molecule has 0 N–H and O–H groups in total. The molecule has 1 aromatic carbocycles. The van der Waals surface area contributed by atoms with Crippen molar-refractivity contribution in [3.8, 4) is 0 Å². The lowest BCUT2D eigenvalue weighted by atomic mass is 10.1. The van der Waals surface area contributed by atoms with E-state index in [1.54, 1.807) is 0 Å². The van der Waals surface area contributed by atoms with Crippen molar-refractivity contribution in [1.82, 2.24) is 0 Å². The van der Waals surface area contributed by atoms with Crippen molar-refractivity contribution in [1.29, 1.82) is 0 Å². The lowest BCUT2D eigenvalue weighted by molar-refractivity contribution is 0.0595. The summed E-state index contributed by atoms with van der Waals surface area (Å²) < 4.78 is 30.6. The third-order valence-electron chi connectivity index (χ3n) is 1.99. The molecule has 0 radical (unpaired) electrons. The lowest BCUT2D eigenvalue weighted by Crippen LogP contribution is -2.10. The van der Waals surface area contributed by atoms with E-state index in [9.17, 15) is 18.4 Å². The Morgan fingerprint density at radius 2 is 1.76 bits per heavy atom. The van der Waals surface area contributed by atoms with Crippen LogP contribution in [0.25, 0.3) is 0 Å². The highest BCUT2D eigenvalue weighted by Gasteiger charge is 2.16. The molecule has 0 aromatic heterocycles. The first kappa shape index (κ1) is 13.3. The molecule has 7 heteroatoms. The summed E-state index contributed by atoms with van der Waals surface area (Å²) in [5.41, 5.74) is -0.133. The van der Waals surface area contributed by atoms with Crippen LogP contribution in [0.3, 0.4) is 0 Å². The SMILES string of the molecule is COC(=O)c1ccc(S(=O)[O-])c(C(=O)OC)c1. The van der Waals surface area contributed by atoms with Gasteiger partial charge in [-0.2, -0.15) is 0 Å². The lowest BCUT2D eigenvalue weighted by Gasteiger charge is -2.11. The van der Waals surface area contributed by atoms with Gasteiger partial charge in [0.25, 0.3) is 0 Å². The fraction of sp³-hybridized carbons (Fsp3) is 0.200. The molecule has 17 heavy (non-hydrogen) atoms. The Bertz CT molecular complexity index is 482. The maximum Gasteiger partial charge on any atom is 0.339 e. The fourth-order valence-electron chi connectivity index (χ4n) is 1.19. The van der Waals surface area contributed by atoms with Gasteiger partial charge >= 0.3 is 11.9 Å². The first-order valence-electron chi connectivity index (χ1n) is 4.41. The van der Waals surface area contributed by atoms with Gasteiger partial charge in [-0.05, 0) is 29.3 Å². The van der Waals surface area contributed by atoms with Crippen molar-refractivity contribution in [2.45, 2.75) is 4.90 Å². The van der Waals surface area contributed by atoms with Gasteiger partial charge in [-0.15, -0.1) is 0 Å². The van der Waals surface area contributed by atoms with Crippen molar-refractivity contribution in [3.05, 3.63) is 29.3 Å². The van der Waals surface area contributed by atoms with E-state index >= 15 is 0 Å². The number of carbonyl (C=O) groups excluding carboxylic acids is 2. The summed E-state index contributed by atoms with van der Waals surface area (Å²) in [6.45, 7) is 0. The summed E-state index contributed by atoms with van der Waals surface area (Å²) in [4.78, 5) is 22.4. The van der Waals surface area contributed by atoms with Gasteiger partial charge in [0.2, 0.25) is 0 Å². The summed E-state index contributed by atoms with van der Waals surface area (Å²) in [5, 5.41) is 0. The van der Waals surface area contributed by atoms with Crippen LogP contribution in [0, 0.1) is 0 Å². The molecular formula is C10H9O6S-. The topological polar surface area (TPSA) is 92.7 Å². The van der Waals surface area contributed by atoms with Gasteiger partial charge in [0.1, 0.15) is 0 Å². The van der Waals surface area contributed by atoms with Gasteiger partial charge in [-0.3, -0.25) is 4.21 Å². The van der Waals surface area contributed by atoms with Crippen molar-refractivity contribution in [2.75, 3.05) is 14.2 Å². The zero-order valence-electron chi connectivity index (χ0n) is 9.09. The molecule has 0 aliphatic carbocycles. The summed E-state index contributed by atoms with van der Waals surface area (Å²) in [6.07, 6.45) is 0. The molecule has 92 valence electrons. The zero-order chi connectivity index (χ0) is 13.0. The Labute approximate surface area is 99.8 Å². The van der Waals surface area contributed by atoms with Crippen molar-refractivity contribution in [2.24, 2.45) is 0 Å². The molecular weight excluding hydrogens is 248 g/mol. The largest absolute Gasteiger partial charge is 0.768 e. The van der Waals surface area contributed by atoms with Crippen molar-refractivity contribution >= 4 is 23.0 Å². The molecule has 0 saturated heterocycles. The number of carbonyl (C=O) groups is 2. The van der Waals surface area contributed by atoms with E-state index in [0.717, 1.165) is 19.2 Å². The third-order valence-corrected chi connectivity index (χ3v) is 2.70. The first-order valence-corrected chi connectivity index (χ1v) is 5.48. The normalized spacial score (nSPS) is 11.7. The summed E-state index contributed by atoms with van der Waals surface area (Å²) in [5.74, 6) is -1.51. The zero-order valence-corrected chi connectivity index (χ0v) is 9.91. The minimum atomic E-state index is -2.59. The quantitative estimate of drug-likeness (QED) is 0.578. The molecule has 0 heterocycles. The molecule has 1 rings (SSSR count). The molecule has 0 fully saturated rings. The van der Waals surface area contributed by atoms with E-state index in [-0.39, 0.29) is 16.0 Å². The number of methoxy groups -OCH3 is 2. The van der Waals surface area contributed by atoms with Gasteiger partial charge in [0, 0.05) is 4.90 Å². The highest BCUT2D eigenvalue weighted by atomic mass is 32.2. The standard InChI is InChI=1S/C10H10O6S/c1-15-9(11)6-3-4-8(17(13)14)7(5-6)10(12)16-2/h3-5H,1-2H3,(H,13,14)/p-1. The molecule has 1 aromatic rings. The maximum atomic E-state index is 11.4. The number of rotatable bonds is 3. The Hall–Kier alpha value is -1.73. The number of ether oxygens (including phenoxy) is 2. The summed E-state index contributed by atoms with van der Waals surface area (Å²) in [6, 6.07) is 3.51. The predicted octanol–water partition coefficient (Wildman–Crippen LogP) is 0.498. The van der Waals surface area contributed by atoms with Crippen LogP contribution in [-0.4, -0.2) is 34.9 Å². The van der Waals surface area contributed by atoms with Crippen LogP contribution in [0.4, 0.5) is 0 Å². The average molecular weight is 257 g/mol. The highest BCUT2D eigenvalue weighted by molar-refractivity contribution is 7.79. The predicted molar refractivity (Wildman–Crippen MR) is 56.3 cm³/mol. The van der Waals surface area contributed by atoms with Crippen molar-refractivity contribution in [3.63, 3.8) is 0 Å². The van der Waals surface area contributed by atoms with Crippen LogP contribution in [-0.2, 0) is 20.6 Å². The maximum absolute atomic E-state index is 11.4. The molecule has 0 bridgehead atoms. The molecule has 0 saturated carbocycles. The van der Waals surface area contributed by atoms with E-state index in [2.05, 4.69) is 9.47 Å². The molecule has 0 amide bonds. The molecule has 0 aliphatic rings. The van der Waals surface area contributed by atoms with Gasteiger partial charge in [-0.25, -0.2) is 9.59 Å². The van der Waals surface area contributed by atoms with Crippen LogP contribution in [0.15, 0.2) is 23.1 Å². The smallest absolute Gasteiger partial charge is 0.339 e. The highest BCUT2D eigenvalue weighted by Crippen LogP contribution is 2.17. The van der Waals surface area contributed by atoms with E-state index in [1.807, 2.05) is 0 Å². The van der Waals surface area contributed by atoms with E-state index in [4.69, 9.17) is 0 Å². The van der Waals surface area contributed by atoms with Gasteiger partial charge in [0.05, 0.1) is 25.3 Å². The summed E-state index contributed by atoms with van der Waals surface area (Å²) in [7, 11) is 2.30. The minimum absolute atomic E-state index is 0.0714. The summed E-state index contributed by atoms with van der Waals surface area (Å²) >= 11 is -2.59. The van der Waals surface area contributed by atoms with Gasteiger partial charge in [0.15, 0.2) is 0 Å². The Morgan fingerprint density at radius 3 is 2.24 bits per heavy atom. The molecule has 6 nitrogen and oxygen atoms in total. The third kappa shape index (κ3) is 2.89.